The predicted molar refractivity (Wildman–Crippen MR) is 73.4 cm³/mol. The van der Waals surface area contributed by atoms with E-state index in [9.17, 15) is 0 Å². The molecule has 0 heterocycles. The average Bonchev–Trinajstić information content (AvgIpc) is 2.38. The van der Waals surface area contributed by atoms with Crippen molar-refractivity contribution in [3.8, 4) is 11.1 Å². The minimum Gasteiger partial charge on any atom is -0.398 e. The zero-order valence-corrected chi connectivity index (χ0v) is 9.90. The van der Waals surface area contributed by atoms with Crippen LogP contribution >= 0.6 is 0 Å². The zero-order valence-electron chi connectivity index (χ0n) is 9.90. The summed E-state index contributed by atoms with van der Waals surface area (Å²) in [4.78, 5) is 0. The standard InChI is InChI=1S/C15H16N2/c1-2-13(16)15-12(9-6-10-14(15)17)11-7-4-3-5-8-11/h3-10,16H,2,17H2,1H3. The summed E-state index contributed by atoms with van der Waals surface area (Å²) in [5.41, 5.74) is 10.3. The SMILES string of the molecule is CCC(=N)c1c(N)cccc1-c1ccccc1. The van der Waals surface area contributed by atoms with E-state index in [1.807, 2.05) is 55.5 Å². The maximum Gasteiger partial charge on any atom is 0.0412 e. The van der Waals surface area contributed by atoms with Gasteiger partial charge in [-0.05, 0) is 23.6 Å². The maximum atomic E-state index is 8.03. The van der Waals surface area contributed by atoms with E-state index in [4.69, 9.17) is 11.1 Å². The van der Waals surface area contributed by atoms with Gasteiger partial charge < -0.3 is 11.1 Å². The monoisotopic (exact) mass is 224 g/mol. The Labute approximate surface area is 102 Å². The second-order valence-corrected chi connectivity index (χ2v) is 3.97. The number of benzene rings is 2. The Morgan fingerprint density at radius 3 is 2.41 bits per heavy atom. The molecule has 2 heteroatoms. The first-order chi connectivity index (χ1) is 8.24. The van der Waals surface area contributed by atoms with E-state index in [1.165, 1.54) is 0 Å². The molecule has 0 fully saturated rings. The molecule has 0 saturated carbocycles. The highest BCUT2D eigenvalue weighted by molar-refractivity contribution is 6.08. The summed E-state index contributed by atoms with van der Waals surface area (Å²) in [6, 6.07) is 15.9. The average molecular weight is 224 g/mol. The lowest BCUT2D eigenvalue weighted by Gasteiger charge is -2.12. The normalized spacial score (nSPS) is 10.2. The van der Waals surface area contributed by atoms with E-state index in [1.54, 1.807) is 0 Å². The molecule has 2 aromatic rings. The van der Waals surface area contributed by atoms with Crippen molar-refractivity contribution in [1.82, 2.24) is 0 Å². The van der Waals surface area contributed by atoms with Crippen LogP contribution in [-0.4, -0.2) is 5.71 Å². The first-order valence-electron chi connectivity index (χ1n) is 5.75. The van der Waals surface area contributed by atoms with Gasteiger partial charge in [0.1, 0.15) is 0 Å². The fourth-order valence-corrected chi connectivity index (χ4v) is 1.94. The highest BCUT2D eigenvalue weighted by Crippen LogP contribution is 2.28. The Bertz CT molecular complexity index is 530. The van der Waals surface area contributed by atoms with Gasteiger partial charge in [0.25, 0.3) is 0 Å². The molecule has 86 valence electrons. The largest absolute Gasteiger partial charge is 0.398 e. The van der Waals surface area contributed by atoms with Crippen molar-refractivity contribution in [3.63, 3.8) is 0 Å². The molecule has 17 heavy (non-hydrogen) atoms. The van der Waals surface area contributed by atoms with Crippen molar-refractivity contribution in [2.24, 2.45) is 0 Å². The van der Waals surface area contributed by atoms with E-state index >= 15 is 0 Å². The summed E-state index contributed by atoms with van der Waals surface area (Å²) in [6.07, 6.45) is 0.689. The van der Waals surface area contributed by atoms with E-state index in [0.717, 1.165) is 16.7 Å². The van der Waals surface area contributed by atoms with Crippen LogP contribution in [0.25, 0.3) is 11.1 Å². The lowest BCUT2D eigenvalue weighted by molar-refractivity contribution is 1.24. The molecule has 0 radical (unpaired) electrons. The van der Waals surface area contributed by atoms with Gasteiger partial charge in [-0.25, -0.2) is 0 Å². The zero-order chi connectivity index (χ0) is 12.3. The summed E-state index contributed by atoms with van der Waals surface area (Å²) < 4.78 is 0. The van der Waals surface area contributed by atoms with Crippen LogP contribution in [0.15, 0.2) is 48.5 Å². The number of nitrogens with two attached hydrogens (primary N) is 1. The molecule has 2 nitrogen and oxygen atoms in total. The van der Waals surface area contributed by atoms with Gasteiger partial charge in [-0.15, -0.1) is 0 Å². The minimum absolute atomic E-state index is 0.585. The Kier molecular flexibility index (Phi) is 3.24. The molecular formula is C15H16N2. The smallest absolute Gasteiger partial charge is 0.0412 e. The summed E-state index contributed by atoms with van der Waals surface area (Å²) in [6.45, 7) is 1.98. The molecular weight excluding hydrogens is 208 g/mol. The van der Waals surface area contributed by atoms with Crippen LogP contribution in [0.2, 0.25) is 0 Å². The molecule has 0 spiro atoms. The molecule has 0 saturated heterocycles. The van der Waals surface area contributed by atoms with E-state index in [-0.39, 0.29) is 0 Å². The van der Waals surface area contributed by atoms with Crippen LogP contribution in [0.3, 0.4) is 0 Å². The topological polar surface area (TPSA) is 49.9 Å². The first-order valence-corrected chi connectivity index (χ1v) is 5.75. The molecule has 0 atom stereocenters. The van der Waals surface area contributed by atoms with Gasteiger partial charge in [-0.1, -0.05) is 49.4 Å². The summed E-state index contributed by atoms with van der Waals surface area (Å²) in [5.74, 6) is 0. The van der Waals surface area contributed by atoms with Crippen LogP contribution in [0, 0.1) is 5.41 Å². The van der Waals surface area contributed by atoms with E-state index in [2.05, 4.69) is 0 Å². The van der Waals surface area contributed by atoms with Gasteiger partial charge in [0.2, 0.25) is 0 Å². The van der Waals surface area contributed by atoms with Crippen LogP contribution < -0.4 is 5.73 Å². The second-order valence-electron chi connectivity index (χ2n) is 3.97. The van der Waals surface area contributed by atoms with E-state index in [0.29, 0.717) is 17.8 Å². The highest BCUT2D eigenvalue weighted by Gasteiger charge is 2.11. The summed E-state index contributed by atoms with van der Waals surface area (Å²) in [7, 11) is 0. The van der Waals surface area contributed by atoms with Gasteiger partial charge >= 0.3 is 0 Å². The number of rotatable bonds is 3. The quantitative estimate of drug-likeness (QED) is 0.606. The second kappa shape index (κ2) is 4.83. The summed E-state index contributed by atoms with van der Waals surface area (Å²) in [5, 5.41) is 8.03. The third-order valence-electron chi connectivity index (χ3n) is 2.84. The predicted octanol–water partition coefficient (Wildman–Crippen LogP) is 3.71. The molecule has 3 N–H and O–H groups in total. The fourth-order valence-electron chi connectivity index (χ4n) is 1.94. The van der Waals surface area contributed by atoms with Crippen molar-refractivity contribution in [2.75, 3.05) is 5.73 Å². The number of hydrogen-bond donors (Lipinski definition) is 2. The van der Waals surface area contributed by atoms with Crippen LogP contribution in [0.4, 0.5) is 5.69 Å². The number of nitrogens with one attached hydrogen (secondary N) is 1. The van der Waals surface area contributed by atoms with Crippen LogP contribution in [0.5, 0.6) is 0 Å². The van der Waals surface area contributed by atoms with Crippen molar-refractivity contribution >= 4 is 11.4 Å². The maximum absolute atomic E-state index is 8.03. The van der Waals surface area contributed by atoms with Gasteiger partial charge in [0, 0.05) is 17.0 Å². The van der Waals surface area contributed by atoms with Gasteiger partial charge in [-0.3, -0.25) is 0 Å². The fraction of sp³-hybridized carbons (Fsp3) is 0.133. The van der Waals surface area contributed by atoms with Gasteiger partial charge in [0.15, 0.2) is 0 Å². The third kappa shape index (κ3) is 2.21. The van der Waals surface area contributed by atoms with Crippen molar-refractivity contribution < 1.29 is 0 Å². The van der Waals surface area contributed by atoms with Gasteiger partial charge in [0.05, 0.1) is 0 Å². The van der Waals surface area contributed by atoms with Crippen molar-refractivity contribution in [3.05, 3.63) is 54.1 Å². The lowest BCUT2D eigenvalue weighted by Crippen LogP contribution is -2.04. The molecule has 0 aliphatic rings. The Morgan fingerprint density at radius 1 is 1.06 bits per heavy atom. The molecule has 2 rings (SSSR count). The number of hydrogen-bond acceptors (Lipinski definition) is 2. The first kappa shape index (κ1) is 11.4. The van der Waals surface area contributed by atoms with Crippen LogP contribution in [0.1, 0.15) is 18.9 Å². The minimum atomic E-state index is 0.585. The molecule has 0 aliphatic heterocycles. The molecule has 0 bridgehead atoms. The Balaban J connectivity index is 2.62. The lowest BCUT2D eigenvalue weighted by atomic mass is 9.94. The Morgan fingerprint density at radius 2 is 1.76 bits per heavy atom. The van der Waals surface area contributed by atoms with Crippen molar-refractivity contribution in [1.29, 1.82) is 5.41 Å². The molecule has 0 amide bonds. The van der Waals surface area contributed by atoms with Gasteiger partial charge in [-0.2, -0.15) is 0 Å². The number of nitrogen functional groups attached to an aromatic ring is 1. The Hall–Kier alpha value is -2.09. The van der Waals surface area contributed by atoms with E-state index < -0.39 is 0 Å². The molecule has 0 unspecified atom stereocenters. The van der Waals surface area contributed by atoms with Crippen molar-refractivity contribution in [2.45, 2.75) is 13.3 Å². The molecule has 0 aromatic heterocycles. The highest BCUT2D eigenvalue weighted by atomic mass is 14.6. The van der Waals surface area contributed by atoms with Crippen LogP contribution in [-0.2, 0) is 0 Å². The molecule has 0 aliphatic carbocycles. The summed E-state index contributed by atoms with van der Waals surface area (Å²) >= 11 is 0. The number of anilines is 1. The third-order valence-corrected chi connectivity index (χ3v) is 2.84. The molecule has 2 aromatic carbocycles.